The van der Waals surface area contributed by atoms with Crippen LogP contribution in [0.1, 0.15) is 38.3 Å². The second kappa shape index (κ2) is 14.2. The third kappa shape index (κ3) is 7.76. The van der Waals surface area contributed by atoms with Gasteiger partial charge in [-0.3, -0.25) is 13.9 Å². The molecule has 3 aromatic carbocycles. The second-order valence-corrected chi connectivity index (χ2v) is 11.6. The Morgan fingerprint density at radius 2 is 1.62 bits per heavy atom. The first kappa shape index (κ1) is 31.0. The number of carbonyl (C=O) groups excluding carboxylic acids is 2. The maximum Gasteiger partial charge on any atom is 0.264 e. The predicted octanol–water partition coefficient (Wildman–Crippen LogP) is 5.19. The lowest BCUT2D eigenvalue weighted by Gasteiger charge is -2.32. The molecule has 0 aliphatic rings. The van der Waals surface area contributed by atoms with E-state index in [1.807, 2.05) is 45.0 Å². The Labute approximate surface area is 241 Å². The number of sulfonamides is 1. The monoisotopic (exact) mass is 585 g/mol. The van der Waals surface area contributed by atoms with Crippen LogP contribution in [-0.2, 0) is 26.2 Å². The van der Waals surface area contributed by atoms with Crippen molar-refractivity contribution in [2.45, 2.75) is 51.6 Å². The summed E-state index contributed by atoms with van der Waals surface area (Å²) in [6, 6.07) is 19.0. The highest BCUT2D eigenvalue weighted by molar-refractivity contribution is 7.92. The molecule has 40 heavy (non-hydrogen) atoms. The molecule has 8 nitrogen and oxygen atoms in total. The second-order valence-electron chi connectivity index (χ2n) is 9.31. The molecule has 3 aromatic rings. The normalized spacial score (nSPS) is 11.9. The molecule has 3 rings (SSSR count). The van der Waals surface area contributed by atoms with E-state index in [0.717, 1.165) is 21.9 Å². The van der Waals surface area contributed by atoms with Crippen LogP contribution in [0.4, 0.5) is 5.69 Å². The lowest BCUT2D eigenvalue weighted by molar-refractivity contribution is -0.139. The first-order valence-corrected chi connectivity index (χ1v) is 15.0. The van der Waals surface area contributed by atoms with E-state index in [4.69, 9.17) is 16.3 Å². The van der Waals surface area contributed by atoms with Crippen LogP contribution in [0.3, 0.4) is 0 Å². The molecule has 214 valence electrons. The number of ether oxygens (including phenoxy) is 1. The fourth-order valence-electron chi connectivity index (χ4n) is 4.09. The molecular formula is C30H36ClN3O5S. The topological polar surface area (TPSA) is 96.0 Å². The van der Waals surface area contributed by atoms with Crippen molar-refractivity contribution < 1.29 is 22.7 Å². The van der Waals surface area contributed by atoms with Crippen molar-refractivity contribution in [1.29, 1.82) is 0 Å². The van der Waals surface area contributed by atoms with Crippen molar-refractivity contribution in [3.63, 3.8) is 0 Å². The quantitative estimate of drug-likeness (QED) is 0.298. The van der Waals surface area contributed by atoms with E-state index < -0.39 is 28.5 Å². The number of hydrogen-bond acceptors (Lipinski definition) is 5. The van der Waals surface area contributed by atoms with Crippen LogP contribution in [0.25, 0.3) is 0 Å². The zero-order valence-electron chi connectivity index (χ0n) is 23.3. The van der Waals surface area contributed by atoms with Gasteiger partial charge in [0, 0.05) is 18.1 Å². The summed E-state index contributed by atoms with van der Waals surface area (Å²) in [7, 11) is -4.18. The molecule has 2 amide bonds. The summed E-state index contributed by atoms with van der Waals surface area (Å²) >= 11 is 6.00. The number of benzene rings is 3. The number of amides is 2. The molecule has 10 heteroatoms. The van der Waals surface area contributed by atoms with Crippen LogP contribution < -0.4 is 14.4 Å². The number of rotatable bonds is 13. The molecule has 0 aromatic heterocycles. The standard InChI is InChI=1S/C30H36ClN3O5S/c1-5-19-32-30(36)23(4)33(20-24-10-8-7-9-22(24)3)29(35)21-34(26-13-15-27(16-14-26)39-6-2)40(37,38)28-17-11-25(31)12-18-28/h7-18,23H,5-6,19-21H2,1-4H3,(H,32,36)/t23-/m1/s1. The number of halogens is 1. The van der Waals surface area contributed by atoms with Crippen LogP contribution >= 0.6 is 11.6 Å². The van der Waals surface area contributed by atoms with Crippen LogP contribution in [0.2, 0.25) is 5.02 Å². The third-order valence-corrected chi connectivity index (χ3v) is 8.47. The molecule has 0 fully saturated rings. The van der Waals surface area contributed by atoms with Gasteiger partial charge in [0.2, 0.25) is 11.8 Å². The molecule has 1 N–H and O–H groups in total. The van der Waals surface area contributed by atoms with E-state index in [2.05, 4.69) is 5.32 Å². The fourth-order valence-corrected chi connectivity index (χ4v) is 5.63. The van der Waals surface area contributed by atoms with Gasteiger partial charge < -0.3 is 15.0 Å². The number of carbonyl (C=O) groups is 2. The summed E-state index contributed by atoms with van der Waals surface area (Å²) in [5.74, 6) is -0.255. The zero-order chi connectivity index (χ0) is 29.3. The number of aryl methyl sites for hydroxylation is 1. The Balaban J connectivity index is 2.03. The van der Waals surface area contributed by atoms with Crippen LogP contribution in [-0.4, -0.2) is 50.9 Å². The van der Waals surface area contributed by atoms with Crippen molar-refractivity contribution in [2.24, 2.45) is 0 Å². The van der Waals surface area contributed by atoms with Crippen molar-refractivity contribution in [3.8, 4) is 5.75 Å². The van der Waals surface area contributed by atoms with Gasteiger partial charge in [0.25, 0.3) is 10.0 Å². The summed E-state index contributed by atoms with van der Waals surface area (Å²) in [6.45, 7) is 7.92. The Hall–Kier alpha value is -3.56. The number of hydrogen-bond donors (Lipinski definition) is 1. The predicted molar refractivity (Wildman–Crippen MR) is 158 cm³/mol. The van der Waals surface area contributed by atoms with Gasteiger partial charge in [-0.15, -0.1) is 0 Å². The largest absolute Gasteiger partial charge is 0.494 e. The molecular weight excluding hydrogens is 550 g/mol. The van der Waals surface area contributed by atoms with Crippen LogP contribution in [0, 0.1) is 6.92 Å². The number of nitrogens with one attached hydrogen (secondary N) is 1. The summed E-state index contributed by atoms with van der Waals surface area (Å²) in [4.78, 5) is 28.3. The molecule has 0 aliphatic heterocycles. The summed E-state index contributed by atoms with van der Waals surface area (Å²) < 4.78 is 34.3. The average Bonchev–Trinajstić information content (AvgIpc) is 2.94. The van der Waals surface area contributed by atoms with E-state index >= 15 is 0 Å². The maximum atomic E-state index is 14.0. The minimum atomic E-state index is -4.18. The summed E-state index contributed by atoms with van der Waals surface area (Å²) in [5, 5.41) is 3.23. The van der Waals surface area contributed by atoms with Crippen molar-refractivity contribution in [1.82, 2.24) is 10.2 Å². The van der Waals surface area contributed by atoms with Gasteiger partial charge >= 0.3 is 0 Å². The fraction of sp³-hybridized carbons (Fsp3) is 0.333. The van der Waals surface area contributed by atoms with Crippen LogP contribution in [0.5, 0.6) is 5.75 Å². The number of anilines is 1. The molecule has 0 heterocycles. The van der Waals surface area contributed by atoms with E-state index in [1.165, 1.54) is 29.2 Å². The first-order chi connectivity index (χ1) is 19.1. The average molecular weight is 586 g/mol. The van der Waals surface area contributed by atoms with Crippen LogP contribution in [0.15, 0.2) is 77.7 Å². The highest BCUT2D eigenvalue weighted by Crippen LogP contribution is 2.27. The smallest absolute Gasteiger partial charge is 0.264 e. The Morgan fingerprint density at radius 1 is 0.975 bits per heavy atom. The van der Waals surface area contributed by atoms with E-state index in [0.29, 0.717) is 23.9 Å². The Kier molecular flexibility index (Phi) is 11.0. The number of nitrogens with zero attached hydrogens (tertiary/aromatic N) is 2. The van der Waals surface area contributed by atoms with Gasteiger partial charge in [0.1, 0.15) is 18.3 Å². The van der Waals surface area contributed by atoms with Crippen molar-refractivity contribution in [2.75, 3.05) is 24.0 Å². The molecule has 0 unspecified atom stereocenters. The molecule has 0 spiro atoms. The van der Waals surface area contributed by atoms with Gasteiger partial charge in [-0.2, -0.15) is 0 Å². The van der Waals surface area contributed by atoms with Gasteiger partial charge in [-0.05, 0) is 86.8 Å². The highest BCUT2D eigenvalue weighted by atomic mass is 35.5. The lowest BCUT2D eigenvalue weighted by Crippen LogP contribution is -2.51. The van der Waals surface area contributed by atoms with E-state index in [9.17, 15) is 18.0 Å². The van der Waals surface area contributed by atoms with Crippen molar-refractivity contribution >= 4 is 39.1 Å². The lowest BCUT2D eigenvalue weighted by atomic mass is 10.1. The summed E-state index contributed by atoms with van der Waals surface area (Å²) in [5.41, 5.74) is 2.10. The van der Waals surface area contributed by atoms with E-state index in [-0.39, 0.29) is 23.0 Å². The molecule has 0 saturated heterocycles. The third-order valence-electron chi connectivity index (χ3n) is 6.43. The zero-order valence-corrected chi connectivity index (χ0v) is 24.8. The van der Waals surface area contributed by atoms with E-state index in [1.54, 1.807) is 31.2 Å². The molecule has 0 saturated carbocycles. The first-order valence-electron chi connectivity index (χ1n) is 13.2. The highest BCUT2D eigenvalue weighted by Gasteiger charge is 2.32. The molecule has 0 aliphatic carbocycles. The maximum absolute atomic E-state index is 14.0. The Morgan fingerprint density at radius 3 is 2.23 bits per heavy atom. The molecule has 0 bridgehead atoms. The minimum absolute atomic E-state index is 0.0159. The van der Waals surface area contributed by atoms with Gasteiger partial charge in [0.05, 0.1) is 17.2 Å². The minimum Gasteiger partial charge on any atom is -0.494 e. The van der Waals surface area contributed by atoms with Gasteiger partial charge in [-0.25, -0.2) is 8.42 Å². The van der Waals surface area contributed by atoms with Gasteiger partial charge in [-0.1, -0.05) is 42.8 Å². The molecule has 0 radical (unpaired) electrons. The molecule has 1 atom stereocenters. The van der Waals surface area contributed by atoms with Gasteiger partial charge in [0.15, 0.2) is 0 Å². The Bertz CT molecular complexity index is 1400. The van der Waals surface area contributed by atoms with Crippen molar-refractivity contribution in [3.05, 3.63) is 88.9 Å². The SMILES string of the molecule is CCCNC(=O)[C@@H](C)N(Cc1ccccc1C)C(=O)CN(c1ccc(OCC)cc1)S(=O)(=O)c1ccc(Cl)cc1. The summed E-state index contributed by atoms with van der Waals surface area (Å²) in [6.07, 6.45) is 0.745.